The fraction of sp³-hybridized carbons (Fsp3) is 0.467. The van der Waals surface area contributed by atoms with E-state index < -0.39 is 17.5 Å². The molecule has 0 fully saturated rings. The third kappa shape index (κ3) is 3.48. The van der Waals surface area contributed by atoms with E-state index in [0.29, 0.717) is 26.5 Å². The summed E-state index contributed by atoms with van der Waals surface area (Å²) < 4.78 is 5.23. The number of fused-ring (bicyclic) bond motifs is 1. The van der Waals surface area contributed by atoms with Crippen molar-refractivity contribution in [1.29, 1.82) is 0 Å². The number of esters is 1. The quantitative estimate of drug-likeness (QED) is 0.785. The van der Waals surface area contributed by atoms with Crippen molar-refractivity contribution < 1.29 is 24.7 Å². The summed E-state index contributed by atoms with van der Waals surface area (Å²) in [6, 6.07) is 0. The van der Waals surface area contributed by atoms with Crippen molar-refractivity contribution in [1.82, 2.24) is 9.97 Å². The molecular weight excluding hydrogens is 318 g/mol. The Balaban J connectivity index is 2.51. The molecule has 2 aromatic heterocycles. The SMILES string of the molecule is Cc1c(C(=O)OC(C)C)sc2ncnc([NH2+]C(C)(C)C(=O)[O-])c12. The number of carbonyl (C=O) groups excluding carboxylic acids is 2. The van der Waals surface area contributed by atoms with Gasteiger partial charge in [-0.1, -0.05) is 0 Å². The second kappa shape index (κ2) is 6.21. The van der Waals surface area contributed by atoms with E-state index in [1.807, 2.05) is 0 Å². The predicted octanol–water partition coefficient (Wildman–Crippen LogP) is 0.288. The van der Waals surface area contributed by atoms with Gasteiger partial charge < -0.3 is 14.6 Å². The minimum atomic E-state index is -1.20. The molecule has 2 N–H and O–H groups in total. The van der Waals surface area contributed by atoms with Crippen molar-refractivity contribution >= 4 is 39.3 Å². The number of aromatic nitrogens is 2. The van der Waals surface area contributed by atoms with E-state index >= 15 is 0 Å². The number of carbonyl (C=O) groups is 2. The number of rotatable bonds is 5. The number of aryl methyl sites for hydroxylation is 1. The van der Waals surface area contributed by atoms with Crippen molar-refractivity contribution in [2.75, 3.05) is 0 Å². The van der Waals surface area contributed by atoms with E-state index in [2.05, 4.69) is 9.97 Å². The zero-order chi connectivity index (χ0) is 17.4. The van der Waals surface area contributed by atoms with E-state index in [-0.39, 0.29) is 6.10 Å². The van der Waals surface area contributed by atoms with Crippen LogP contribution in [0, 0.1) is 6.92 Å². The van der Waals surface area contributed by atoms with Gasteiger partial charge in [0, 0.05) is 0 Å². The molecule has 0 atom stereocenters. The Kier molecular flexibility index (Phi) is 4.67. The van der Waals surface area contributed by atoms with Crippen molar-refractivity contribution in [3.05, 3.63) is 16.8 Å². The van der Waals surface area contributed by atoms with Crippen LogP contribution in [0.2, 0.25) is 0 Å². The van der Waals surface area contributed by atoms with Gasteiger partial charge >= 0.3 is 5.97 Å². The first-order valence-electron chi connectivity index (χ1n) is 7.16. The van der Waals surface area contributed by atoms with Crippen LogP contribution in [0.1, 0.15) is 42.9 Å². The average Bonchev–Trinajstić information content (AvgIpc) is 2.76. The van der Waals surface area contributed by atoms with Gasteiger partial charge in [0.15, 0.2) is 0 Å². The molecule has 0 aliphatic carbocycles. The summed E-state index contributed by atoms with van der Waals surface area (Å²) in [7, 11) is 0. The molecule has 7 nitrogen and oxygen atoms in total. The van der Waals surface area contributed by atoms with E-state index in [1.54, 1.807) is 20.8 Å². The fourth-order valence-electron chi connectivity index (χ4n) is 2.07. The Morgan fingerprint density at radius 3 is 2.57 bits per heavy atom. The molecule has 124 valence electrons. The number of carboxylic acid groups (broad SMARTS) is 1. The largest absolute Gasteiger partial charge is 0.544 e. The molecule has 0 saturated heterocycles. The summed E-state index contributed by atoms with van der Waals surface area (Å²) in [6.07, 6.45) is 1.13. The molecular formula is C15H19N3O4S. The summed E-state index contributed by atoms with van der Waals surface area (Å²) in [4.78, 5) is 32.8. The zero-order valence-electron chi connectivity index (χ0n) is 13.7. The van der Waals surface area contributed by atoms with Crippen molar-refractivity contribution in [2.24, 2.45) is 0 Å². The molecule has 0 bridgehead atoms. The molecule has 2 heterocycles. The number of aliphatic carboxylic acids is 1. The van der Waals surface area contributed by atoms with Crippen LogP contribution in [0.15, 0.2) is 6.33 Å². The maximum absolute atomic E-state index is 12.2. The molecule has 0 aliphatic rings. The van der Waals surface area contributed by atoms with Crippen LogP contribution < -0.4 is 10.4 Å². The molecule has 0 amide bonds. The molecule has 8 heteroatoms. The molecule has 2 aromatic rings. The summed E-state index contributed by atoms with van der Waals surface area (Å²) in [5.74, 6) is -1.14. The first kappa shape index (κ1) is 17.3. The first-order valence-corrected chi connectivity index (χ1v) is 7.97. The number of nitrogens with zero attached hydrogens (tertiary/aromatic N) is 2. The Labute approximate surface area is 137 Å². The molecule has 0 aliphatic heterocycles. The number of carboxylic acids is 1. The van der Waals surface area contributed by atoms with Crippen molar-refractivity contribution in [2.45, 2.75) is 46.3 Å². The van der Waals surface area contributed by atoms with Gasteiger partial charge in [0.05, 0.1) is 11.5 Å². The Bertz CT molecular complexity index is 767. The van der Waals surface area contributed by atoms with Crippen LogP contribution in [0.4, 0.5) is 5.82 Å². The van der Waals surface area contributed by atoms with Gasteiger partial charge in [-0.2, -0.15) is 4.98 Å². The third-order valence-electron chi connectivity index (χ3n) is 3.31. The highest BCUT2D eigenvalue weighted by Crippen LogP contribution is 2.32. The van der Waals surface area contributed by atoms with E-state index in [4.69, 9.17) is 4.74 Å². The summed E-state index contributed by atoms with van der Waals surface area (Å²) in [5, 5.41) is 13.4. The number of ether oxygens (including phenoxy) is 1. The number of thiophene rings is 1. The Morgan fingerprint density at radius 1 is 1.35 bits per heavy atom. The highest BCUT2D eigenvalue weighted by atomic mass is 32.1. The van der Waals surface area contributed by atoms with E-state index in [1.165, 1.54) is 36.8 Å². The molecule has 23 heavy (non-hydrogen) atoms. The lowest BCUT2D eigenvalue weighted by Crippen LogP contribution is -2.94. The van der Waals surface area contributed by atoms with Gasteiger partial charge in [-0.05, 0) is 40.2 Å². The Hall–Kier alpha value is -2.06. The maximum Gasteiger partial charge on any atom is 0.348 e. The standard InChI is InChI=1S/C15H19N3O4S/c1-7(2)22-13(19)10-8(3)9-11(16-6-17-12(9)23-10)18-15(4,5)14(20)21/h6-7H,1-5H3,(H,20,21)(H,16,17,18). The lowest BCUT2D eigenvalue weighted by Gasteiger charge is -2.22. The van der Waals surface area contributed by atoms with E-state index in [0.717, 1.165) is 0 Å². The van der Waals surface area contributed by atoms with Crippen LogP contribution in [-0.2, 0) is 9.53 Å². The number of hydrogen-bond donors (Lipinski definition) is 1. The highest BCUT2D eigenvalue weighted by molar-refractivity contribution is 7.20. The minimum Gasteiger partial charge on any atom is -0.544 e. The van der Waals surface area contributed by atoms with Gasteiger partial charge in [0.2, 0.25) is 5.82 Å². The van der Waals surface area contributed by atoms with Crippen LogP contribution in [-0.4, -0.2) is 33.5 Å². The lowest BCUT2D eigenvalue weighted by atomic mass is 10.1. The van der Waals surface area contributed by atoms with Gasteiger partial charge in [0.25, 0.3) is 0 Å². The molecule has 0 saturated carbocycles. The molecule has 0 spiro atoms. The maximum atomic E-state index is 12.2. The number of quaternary nitrogens is 1. The van der Waals surface area contributed by atoms with Gasteiger partial charge in [0.1, 0.15) is 27.5 Å². The Morgan fingerprint density at radius 2 is 2.00 bits per heavy atom. The molecule has 2 rings (SSSR count). The number of hydrogen-bond acceptors (Lipinski definition) is 7. The van der Waals surface area contributed by atoms with Crippen LogP contribution in [0.25, 0.3) is 10.2 Å². The second-order valence-electron chi connectivity index (χ2n) is 6.10. The molecule has 0 aromatic carbocycles. The first-order chi connectivity index (χ1) is 10.6. The average molecular weight is 337 g/mol. The van der Waals surface area contributed by atoms with Crippen molar-refractivity contribution in [3.8, 4) is 0 Å². The van der Waals surface area contributed by atoms with E-state index in [9.17, 15) is 14.7 Å². The van der Waals surface area contributed by atoms with Crippen LogP contribution in [0.5, 0.6) is 0 Å². The predicted molar refractivity (Wildman–Crippen MR) is 83.4 cm³/mol. The summed E-state index contributed by atoms with van der Waals surface area (Å²) >= 11 is 1.21. The second-order valence-corrected chi connectivity index (χ2v) is 7.10. The normalized spacial score (nSPS) is 11.9. The molecule has 0 unspecified atom stereocenters. The van der Waals surface area contributed by atoms with Gasteiger partial charge in [-0.3, -0.25) is 5.32 Å². The summed E-state index contributed by atoms with van der Waals surface area (Å²) in [6.45, 7) is 8.41. The minimum absolute atomic E-state index is 0.221. The molecule has 0 radical (unpaired) electrons. The topological polar surface area (TPSA) is 109 Å². The summed E-state index contributed by atoms with van der Waals surface area (Å²) in [5.41, 5.74) is -0.495. The highest BCUT2D eigenvalue weighted by Gasteiger charge is 2.29. The van der Waals surface area contributed by atoms with Gasteiger partial charge in [-0.25, -0.2) is 9.78 Å². The smallest absolute Gasteiger partial charge is 0.348 e. The fourth-order valence-corrected chi connectivity index (χ4v) is 3.11. The zero-order valence-corrected chi connectivity index (χ0v) is 14.5. The van der Waals surface area contributed by atoms with Crippen molar-refractivity contribution in [3.63, 3.8) is 0 Å². The lowest BCUT2D eigenvalue weighted by molar-refractivity contribution is -0.642. The van der Waals surface area contributed by atoms with Crippen LogP contribution in [0.3, 0.4) is 0 Å². The van der Waals surface area contributed by atoms with Gasteiger partial charge in [-0.15, -0.1) is 11.3 Å². The monoisotopic (exact) mass is 337 g/mol. The third-order valence-corrected chi connectivity index (χ3v) is 4.49. The van der Waals surface area contributed by atoms with Crippen LogP contribution >= 0.6 is 11.3 Å². The number of nitrogens with two attached hydrogens (primary N) is 1.